The molecular weight excluding hydrogens is 266 g/mol. The molecule has 0 aromatic heterocycles. The largest absolute Gasteiger partial charge is 0.352 e. The molecule has 1 aromatic rings. The van der Waals surface area contributed by atoms with E-state index in [0.29, 0.717) is 12.1 Å². The maximum absolute atomic E-state index is 12.1. The lowest BCUT2D eigenvalue weighted by atomic mass is 10.0. The molecule has 1 aliphatic rings. The molecule has 21 heavy (non-hydrogen) atoms. The molecule has 0 spiro atoms. The molecule has 2 amide bonds. The average Bonchev–Trinajstić information content (AvgIpc) is 2.39. The minimum Gasteiger partial charge on any atom is -0.352 e. The molecule has 5 nitrogen and oxygen atoms in total. The molecule has 112 valence electrons. The Kier molecular flexibility index (Phi) is 4.75. The molecule has 0 aliphatic carbocycles. The van der Waals surface area contributed by atoms with Crippen molar-refractivity contribution in [2.75, 3.05) is 25.0 Å². The summed E-state index contributed by atoms with van der Waals surface area (Å²) < 4.78 is 0. The Morgan fingerprint density at radius 3 is 2.52 bits per heavy atom. The summed E-state index contributed by atoms with van der Waals surface area (Å²) in [4.78, 5) is 23.9. The van der Waals surface area contributed by atoms with Gasteiger partial charge in [-0.15, -0.1) is 0 Å². The molecule has 1 saturated heterocycles. The molecule has 0 radical (unpaired) electrons. The maximum Gasteiger partial charge on any atom is 0.251 e. The predicted molar refractivity (Wildman–Crippen MR) is 83.4 cm³/mol. The smallest absolute Gasteiger partial charge is 0.251 e. The first-order chi connectivity index (χ1) is 10.0. The lowest BCUT2D eigenvalue weighted by molar-refractivity contribution is -0.112. The van der Waals surface area contributed by atoms with Crippen LogP contribution in [-0.4, -0.2) is 31.4 Å². The van der Waals surface area contributed by atoms with Gasteiger partial charge in [0.2, 0.25) is 0 Å². The SMILES string of the molecule is CCNC(=O)c1ccc(NC(=O)C(C)=C2CNC2)c(C)c1. The fourth-order valence-electron chi connectivity index (χ4n) is 2.10. The van der Waals surface area contributed by atoms with Gasteiger partial charge in [0.15, 0.2) is 0 Å². The Hall–Kier alpha value is -2.14. The van der Waals surface area contributed by atoms with Crippen LogP contribution in [0.25, 0.3) is 0 Å². The highest BCUT2D eigenvalue weighted by Crippen LogP contribution is 2.18. The first kappa shape index (κ1) is 15.3. The number of rotatable bonds is 4. The first-order valence-corrected chi connectivity index (χ1v) is 7.12. The van der Waals surface area contributed by atoms with Crippen LogP contribution in [0.15, 0.2) is 29.3 Å². The third kappa shape index (κ3) is 3.49. The molecule has 0 bridgehead atoms. The number of amides is 2. The van der Waals surface area contributed by atoms with E-state index in [0.717, 1.165) is 35.5 Å². The molecule has 1 heterocycles. The molecule has 5 heteroatoms. The Balaban J connectivity index is 2.11. The van der Waals surface area contributed by atoms with E-state index in [9.17, 15) is 9.59 Å². The zero-order valence-electron chi connectivity index (χ0n) is 12.7. The van der Waals surface area contributed by atoms with Crippen molar-refractivity contribution in [1.82, 2.24) is 10.6 Å². The summed E-state index contributed by atoms with van der Waals surface area (Å²) >= 11 is 0. The Bertz CT molecular complexity index is 600. The van der Waals surface area contributed by atoms with E-state index >= 15 is 0 Å². The van der Waals surface area contributed by atoms with Gasteiger partial charge in [-0.25, -0.2) is 0 Å². The van der Waals surface area contributed by atoms with Gasteiger partial charge in [-0.2, -0.15) is 0 Å². The lowest BCUT2D eigenvalue weighted by Gasteiger charge is -2.21. The molecule has 0 unspecified atom stereocenters. The van der Waals surface area contributed by atoms with E-state index in [1.54, 1.807) is 18.2 Å². The average molecular weight is 287 g/mol. The van der Waals surface area contributed by atoms with Gasteiger partial charge in [-0.1, -0.05) is 0 Å². The second-order valence-corrected chi connectivity index (χ2v) is 5.18. The van der Waals surface area contributed by atoms with Gasteiger partial charge in [-0.05, 0) is 50.1 Å². The normalized spacial score (nSPS) is 13.4. The molecule has 3 N–H and O–H groups in total. The zero-order valence-corrected chi connectivity index (χ0v) is 12.7. The van der Waals surface area contributed by atoms with Crippen molar-refractivity contribution in [3.05, 3.63) is 40.5 Å². The molecule has 1 aliphatic heterocycles. The topological polar surface area (TPSA) is 70.2 Å². The maximum atomic E-state index is 12.1. The van der Waals surface area contributed by atoms with Crippen LogP contribution in [0.1, 0.15) is 29.8 Å². The highest BCUT2D eigenvalue weighted by molar-refractivity contribution is 6.05. The summed E-state index contributed by atoms with van der Waals surface area (Å²) in [6.07, 6.45) is 0. The summed E-state index contributed by atoms with van der Waals surface area (Å²) in [6.45, 7) is 7.76. The van der Waals surface area contributed by atoms with Crippen LogP contribution in [-0.2, 0) is 4.79 Å². The number of hydrogen-bond donors (Lipinski definition) is 3. The van der Waals surface area contributed by atoms with Gasteiger partial charge < -0.3 is 16.0 Å². The summed E-state index contributed by atoms with van der Waals surface area (Å²) in [5, 5.41) is 8.78. The van der Waals surface area contributed by atoms with Crippen LogP contribution in [0.4, 0.5) is 5.69 Å². The van der Waals surface area contributed by atoms with E-state index in [1.165, 1.54) is 0 Å². The Morgan fingerprint density at radius 2 is 2.00 bits per heavy atom. The van der Waals surface area contributed by atoms with Crippen molar-refractivity contribution in [1.29, 1.82) is 0 Å². The molecular formula is C16H21N3O2. The number of anilines is 1. The van der Waals surface area contributed by atoms with Gasteiger partial charge in [0.25, 0.3) is 11.8 Å². The van der Waals surface area contributed by atoms with Crippen molar-refractivity contribution < 1.29 is 9.59 Å². The molecule has 1 aromatic carbocycles. The summed E-state index contributed by atoms with van der Waals surface area (Å²) in [5.74, 6) is -0.183. The quantitative estimate of drug-likeness (QED) is 0.737. The fraction of sp³-hybridized carbons (Fsp3) is 0.375. The summed E-state index contributed by atoms with van der Waals surface area (Å²) in [6, 6.07) is 5.28. The van der Waals surface area contributed by atoms with Crippen molar-refractivity contribution in [2.24, 2.45) is 0 Å². The molecule has 0 saturated carbocycles. The van der Waals surface area contributed by atoms with Gasteiger partial charge in [-0.3, -0.25) is 9.59 Å². The van der Waals surface area contributed by atoms with Crippen molar-refractivity contribution >= 4 is 17.5 Å². The van der Waals surface area contributed by atoms with Crippen molar-refractivity contribution in [3.63, 3.8) is 0 Å². The fourth-order valence-corrected chi connectivity index (χ4v) is 2.10. The number of benzene rings is 1. The van der Waals surface area contributed by atoms with Gasteiger partial charge in [0.1, 0.15) is 0 Å². The van der Waals surface area contributed by atoms with Gasteiger partial charge in [0.05, 0.1) is 0 Å². The van der Waals surface area contributed by atoms with E-state index in [-0.39, 0.29) is 11.8 Å². The standard InChI is InChI=1S/C16H21N3O2/c1-4-18-16(21)12-5-6-14(10(2)7-12)19-15(20)11(3)13-8-17-9-13/h5-7,17H,4,8-9H2,1-3H3,(H,18,21)(H,19,20). The highest BCUT2D eigenvalue weighted by atomic mass is 16.2. The number of carbonyl (C=O) groups excluding carboxylic acids is 2. The second-order valence-electron chi connectivity index (χ2n) is 5.18. The summed E-state index contributed by atoms with van der Waals surface area (Å²) in [5.41, 5.74) is 4.12. The third-order valence-corrected chi connectivity index (χ3v) is 3.62. The predicted octanol–water partition coefficient (Wildman–Crippen LogP) is 1.60. The first-order valence-electron chi connectivity index (χ1n) is 7.12. The zero-order chi connectivity index (χ0) is 15.4. The molecule has 0 atom stereocenters. The van der Waals surface area contributed by atoms with Crippen LogP contribution in [0, 0.1) is 6.92 Å². The lowest BCUT2D eigenvalue weighted by Crippen LogP contribution is -2.36. The van der Waals surface area contributed by atoms with Crippen molar-refractivity contribution in [3.8, 4) is 0 Å². The van der Waals surface area contributed by atoms with Crippen LogP contribution in [0.3, 0.4) is 0 Å². The number of aryl methyl sites for hydroxylation is 1. The molecule has 1 fully saturated rings. The highest BCUT2D eigenvalue weighted by Gasteiger charge is 2.16. The Morgan fingerprint density at radius 1 is 1.29 bits per heavy atom. The second kappa shape index (κ2) is 6.54. The minimum atomic E-state index is -0.0997. The van der Waals surface area contributed by atoms with E-state index in [4.69, 9.17) is 0 Å². The van der Waals surface area contributed by atoms with Crippen LogP contribution < -0.4 is 16.0 Å². The monoisotopic (exact) mass is 287 g/mol. The molecule has 2 rings (SSSR count). The van der Waals surface area contributed by atoms with E-state index in [1.807, 2.05) is 20.8 Å². The summed E-state index contributed by atoms with van der Waals surface area (Å²) in [7, 11) is 0. The Labute approximate surface area is 124 Å². The van der Waals surface area contributed by atoms with E-state index in [2.05, 4.69) is 16.0 Å². The van der Waals surface area contributed by atoms with E-state index < -0.39 is 0 Å². The number of hydrogen-bond acceptors (Lipinski definition) is 3. The van der Waals surface area contributed by atoms with Crippen LogP contribution >= 0.6 is 0 Å². The van der Waals surface area contributed by atoms with Gasteiger partial charge in [0, 0.05) is 36.5 Å². The number of nitrogens with one attached hydrogen (secondary N) is 3. The van der Waals surface area contributed by atoms with Crippen molar-refractivity contribution in [2.45, 2.75) is 20.8 Å². The third-order valence-electron chi connectivity index (χ3n) is 3.62. The number of carbonyl (C=O) groups is 2. The minimum absolute atomic E-state index is 0.0830. The van der Waals surface area contributed by atoms with Crippen LogP contribution in [0.2, 0.25) is 0 Å². The van der Waals surface area contributed by atoms with Gasteiger partial charge >= 0.3 is 0 Å². The van der Waals surface area contributed by atoms with Crippen LogP contribution in [0.5, 0.6) is 0 Å².